The molecule has 4 nitrogen and oxygen atoms in total. The first kappa shape index (κ1) is 17.4. The number of nitrogens with zero attached hydrogens (tertiary/aromatic N) is 1. The highest BCUT2D eigenvalue weighted by Gasteiger charge is 2.16. The van der Waals surface area contributed by atoms with E-state index in [1.54, 1.807) is 6.20 Å². The SMILES string of the molecule is C/C(=C/Nc1ccnc2cc(Cl)ccc12)CC(C)(C)NCC=O. The van der Waals surface area contributed by atoms with Gasteiger partial charge in [0, 0.05) is 34.0 Å². The first-order valence-corrected chi connectivity index (χ1v) is 7.94. The van der Waals surface area contributed by atoms with Crippen LogP contribution in [0.1, 0.15) is 27.2 Å². The van der Waals surface area contributed by atoms with Gasteiger partial charge in [0.2, 0.25) is 0 Å². The quantitative estimate of drug-likeness (QED) is 0.748. The Balaban J connectivity index is 2.11. The molecule has 0 radical (unpaired) electrons. The standard InChI is InChI=1S/C18H22ClN3O/c1-13(11-18(2,3)22-8-9-23)12-21-16-6-7-20-17-10-14(19)4-5-15(16)17/h4-7,9-10,12,22H,8,11H2,1-3H3,(H,20,21)/b13-12-. The second-order valence-electron chi connectivity index (χ2n) is 6.26. The molecule has 1 aromatic heterocycles. The highest BCUT2D eigenvalue weighted by molar-refractivity contribution is 6.31. The van der Waals surface area contributed by atoms with Crippen molar-refractivity contribution in [2.45, 2.75) is 32.7 Å². The minimum Gasteiger partial charge on any atom is -0.361 e. The van der Waals surface area contributed by atoms with Gasteiger partial charge in [-0.3, -0.25) is 4.98 Å². The number of hydrogen-bond donors (Lipinski definition) is 2. The third kappa shape index (κ3) is 5.05. The number of fused-ring (bicyclic) bond motifs is 1. The molecule has 0 saturated carbocycles. The third-order valence-electron chi connectivity index (χ3n) is 3.56. The Bertz CT molecular complexity index is 725. The van der Waals surface area contributed by atoms with Crippen LogP contribution in [0.5, 0.6) is 0 Å². The summed E-state index contributed by atoms with van der Waals surface area (Å²) < 4.78 is 0. The van der Waals surface area contributed by atoms with Crippen molar-refractivity contribution in [3.63, 3.8) is 0 Å². The second-order valence-corrected chi connectivity index (χ2v) is 6.70. The van der Waals surface area contributed by atoms with E-state index in [2.05, 4.69) is 36.4 Å². The van der Waals surface area contributed by atoms with Gasteiger partial charge in [-0.1, -0.05) is 17.2 Å². The molecule has 122 valence electrons. The van der Waals surface area contributed by atoms with Crippen molar-refractivity contribution in [2.24, 2.45) is 0 Å². The molecule has 0 atom stereocenters. The number of nitrogens with one attached hydrogen (secondary N) is 2. The monoisotopic (exact) mass is 331 g/mol. The van der Waals surface area contributed by atoms with E-state index in [1.807, 2.05) is 30.5 Å². The number of carbonyl (C=O) groups is 1. The third-order valence-corrected chi connectivity index (χ3v) is 3.80. The molecule has 0 bridgehead atoms. The van der Waals surface area contributed by atoms with Crippen LogP contribution >= 0.6 is 11.6 Å². The number of anilines is 1. The Morgan fingerprint density at radius 1 is 1.35 bits per heavy atom. The van der Waals surface area contributed by atoms with E-state index in [4.69, 9.17) is 11.6 Å². The summed E-state index contributed by atoms with van der Waals surface area (Å²) in [7, 11) is 0. The van der Waals surface area contributed by atoms with Crippen LogP contribution < -0.4 is 10.6 Å². The van der Waals surface area contributed by atoms with Crippen LogP contribution in [0, 0.1) is 0 Å². The summed E-state index contributed by atoms with van der Waals surface area (Å²) in [5.41, 5.74) is 2.91. The van der Waals surface area contributed by atoms with Gasteiger partial charge < -0.3 is 15.4 Å². The van der Waals surface area contributed by atoms with Gasteiger partial charge in [-0.25, -0.2) is 0 Å². The van der Waals surface area contributed by atoms with Gasteiger partial charge >= 0.3 is 0 Å². The summed E-state index contributed by atoms with van der Waals surface area (Å²) in [6, 6.07) is 7.62. The normalized spacial score (nSPS) is 12.4. The fourth-order valence-electron chi connectivity index (χ4n) is 2.58. The lowest BCUT2D eigenvalue weighted by atomic mass is 9.96. The van der Waals surface area contributed by atoms with Crippen molar-refractivity contribution in [3.05, 3.63) is 47.3 Å². The predicted octanol–water partition coefficient (Wildman–Crippen LogP) is 4.16. The Morgan fingerprint density at radius 2 is 2.13 bits per heavy atom. The van der Waals surface area contributed by atoms with Crippen LogP contribution in [0.15, 0.2) is 42.2 Å². The lowest BCUT2D eigenvalue weighted by molar-refractivity contribution is -0.107. The minimum absolute atomic E-state index is 0.128. The molecule has 1 aromatic carbocycles. The first-order chi connectivity index (χ1) is 10.9. The molecule has 2 rings (SSSR count). The Kier molecular flexibility index (Phi) is 5.74. The summed E-state index contributed by atoms with van der Waals surface area (Å²) in [5, 5.41) is 8.26. The number of pyridine rings is 1. The zero-order valence-electron chi connectivity index (χ0n) is 13.7. The zero-order valence-corrected chi connectivity index (χ0v) is 14.4. The summed E-state index contributed by atoms with van der Waals surface area (Å²) in [4.78, 5) is 14.8. The van der Waals surface area contributed by atoms with Crippen molar-refractivity contribution < 1.29 is 4.79 Å². The first-order valence-electron chi connectivity index (χ1n) is 7.56. The van der Waals surface area contributed by atoms with Gasteiger partial charge in [-0.2, -0.15) is 0 Å². The summed E-state index contributed by atoms with van der Waals surface area (Å²) >= 11 is 6.01. The highest BCUT2D eigenvalue weighted by atomic mass is 35.5. The number of hydrogen-bond acceptors (Lipinski definition) is 4. The van der Waals surface area contributed by atoms with Gasteiger partial charge in [-0.15, -0.1) is 0 Å². The number of aldehydes is 1. The topological polar surface area (TPSA) is 54.0 Å². The molecular formula is C18H22ClN3O. The van der Waals surface area contributed by atoms with Crippen LogP contribution in [0.25, 0.3) is 10.9 Å². The molecule has 5 heteroatoms. The average Bonchev–Trinajstić information content (AvgIpc) is 2.50. The molecule has 2 N–H and O–H groups in total. The van der Waals surface area contributed by atoms with Gasteiger partial charge in [0.15, 0.2) is 0 Å². The van der Waals surface area contributed by atoms with E-state index in [9.17, 15) is 4.79 Å². The maximum Gasteiger partial charge on any atom is 0.133 e. The summed E-state index contributed by atoms with van der Waals surface area (Å²) in [6.45, 7) is 6.59. The number of halogens is 1. The number of carbonyl (C=O) groups excluding carboxylic acids is 1. The molecule has 1 heterocycles. The lowest BCUT2D eigenvalue weighted by Gasteiger charge is -2.25. The van der Waals surface area contributed by atoms with Gasteiger partial charge in [-0.05, 0) is 51.5 Å². The smallest absolute Gasteiger partial charge is 0.133 e. The average molecular weight is 332 g/mol. The Hall–Kier alpha value is -1.91. The molecule has 0 unspecified atom stereocenters. The molecule has 0 fully saturated rings. The van der Waals surface area contributed by atoms with Crippen molar-refractivity contribution in [2.75, 3.05) is 11.9 Å². The lowest BCUT2D eigenvalue weighted by Crippen LogP contribution is -2.40. The number of aromatic nitrogens is 1. The van der Waals surface area contributed by atoms with E-state index < -0.39 is 0 Å². The van der Waals surface area contributed by atoms with Crippen LogP contribution in [-0.2, 0) is 4.79 Å². The summed E-state index contributed by atoms with van der Waals surface area (Å²) in [5.74, 6) is 0. The van der Waals surface area contributed by atoms with Gasteiger partial charge in [0.25, 0.3) is 0 Å². The van der Waals surface area contributed by atoms with Crippen molar-refractivity contribution in [1.82, 2.24) is 10.3 Å². The molecule has 0 aliphatic rings. The van der Waals surface area contributed by atoms with E-state index in [1.165, 1.54) is 5.57 Å². The maximum absolute atomic E-state index is 10.5. The molecule has 0 spiro atoms. The molecule has 0 aliphatic heterocycles. The molecule has 2 aromatic rings. The van der Waals surface area contributed by atoms with E-state index in [-0.39, 0.29) is 5.54 Å². The Morgan fingerprint density at radius 3 is 2.87 bits per heavy atom. The van der Waals surface area contributed by atoms with E-state index in [0.29, 0.717) is 11.6 Å². The van der Waals surface area contributed by atoms with Crippen molar-refractivity contribution >= 4 is 34.5 Å². The zero-order chi connectivity index (χ0) is 16.9. The van der Waals surface area contributed by atoms with Gasteiger partial charge in [0.1, 0.15) is 6.29 Å². The van der Waals surface area contributed by atoms with Crippen molar-refractivity contribution in [1.29, 1.82) is 0 Å². The number of rotatable bonds is 7. The van der Waals surface area contributed by atoms with Gasteiger partial charge in [0.05, 0.1) is 12.1 Å². The van der Waals surface area contributed by atoms with E-state index in [0.717, 1.165) is 29.3 Å². The van der Waals surface area contributed by atoms with E-state index >= 15 is 0 Å². The Labute approximate surface area is 141 Å². The highest BCUT2D eigenvalue weighted by Crippen LogP contribution is 2.25. The van der Waals surface area contributed by atoms with Crippen molar-refractivity contribution in [3.8, 4) is 0 Å². The van der Waals surface area contributed by atoms with Crippen LogP contribution in [0.2, 0.25) is 5.02 Å². The maximum atomic E-state index is 10.5. The molecule has 0 amide bonds. The van der Waals surface area contributed by atoms with Crippen LogP contribution in [0.4, 0.5) is 5.69 Å². The fraction of sp³-hybridized carbons (Fsp3) is 0.333. The molecule has 23 heavy (non-hydrogen) atoms. The second kappa shape index (κ2) is 7.57. The number of benzene rings is 1. The molecule has 0 aliphatic carbocycles. The van der Waals surface area contributed by atoms with Crippen LogP contribution in [0.3, 0.4) is 0 Å². The minimum atomic E-state index is -0.128. The predicted molar refractivity (Wildman–Crippen MR) is 96.9 cm³/mol. The molecular weight excluding hydrogens is 310 g/mol. The fourth-order valence-corrected chi connectivity index (χ4v) is 2.74. The van der Waals surface area contributed by atoms with Crippen LogP contribution in [-0.4, -0.2) is 23.4 Å². The largest absolute Gasteiger partial charge is 0.361 e. The summed E-state index contributed by atoms with van der Waals surface area (Å²) in [6.07, 6.45) is 5.48. The molecule has 0 saturated heterocycles.